The maximum Gasteiger partial charge on any atom is 0.276 e. The molecular weight excluding hydrogens is 432 g/mol. The number of carbonyl (C=O) groups excluding carboxylic acids is 2. The van der Waals surface area contributed by atoms with Crippen molar-refractivity contribution in [2.75, 3.05) is 31.6 Å². The minimum Gasteiger partial charge on any atom is -0.464 e. The van der Waals surface area contributed by atoms with E-state index in [9.17, 15) is 9.59 Å². The number of furan rings is 1. The predicted octanol–water partition coefficient (Wildman–Crippen LogP) is 3.75. The number of rotatable bonds is 5. The summed E-state index contributed by atoms with van der Waals surface area (Å²) in [6.07, 6.45) is 4.17. The number of ether oxygens (including phenoxy) is 1. The minimum absolute atomic E-state index is 0.131. The van der Waals surface area contributed by atoms with Gasteiger partial charge < -0.3 is 19.4 Å². The van der Waals surface area contributed by atoms with Gasteiger partial charge in [-0.15, -0.1) is 0 Å². The summed E-state index contributed by atoms with van der Waals surface area (Å²) in [7, 11) is 1.75. The summed E-state index contributed by atoms with van der Waals surface area (Å²) in [5, 5.41) is 8.04. The molecule has 174 valence electrons. The van der Waals surface area contributed by atoms with Crippen LogP contribution < -0.4 is 5.32 Å². The second kappa shape index (κ2) is 9.52. The van der Waals surface area contributed by atoms with Crippen LogP contribution in [-0.2, 0) is 18.2 Å². The number of hydrogen-bond donors (Lipinski definition) is 1. The number of nitrogens with zero attached hydrogens (tertiary/aromatic N) is 3. The summed E-state index contributed by atoms with van der Waals surface area (Å²) in [4.78, 5) is 28.0. The summed E-state index contributed by atoms with van der Waals surface area (Å²) >= 11 is 0. The first-order chi connectivity index (χ1) is 16.6. The number of carbonyl (C=O) groups is 2. The Morgan fingerprint density at radius 1 is 1.15 bits per heavy atom. The molecule has 1 aliphatic heterocycles. The van der Waals surface area contributed by atoms with Gasteiger partial charge in [0.1, 0.15) is 5.58 Å². The molecule has 0 aliphatic carbocycles. The Morgan fingerprint density at radius 3 is 2.88 bits per heavy atom. The van der Waals surface area contributed by atoms with Gasteiger partial charge in [-0.1, -0.05) is 24.3 Å². The quantitative estimate of drug-likeness (QED) is 0.492. The van der Waals surface area contributed by atoms with Crippen molar-refractivity contribution in [1.29, 1.82) is 0 Å². The van der Waals surface area contributed by atoms with Crippen molar-refractivity contribution in [2.24, 2.45) is 13.0 Å². The number of benzene rings is 2. The van der Waals surface area contributed by atoms with Crippen LogP contribution >= 0.6 is 0 Å². The number of anilines is 1. The molecule has 4 aromatic rings. The molecule has 0 saturated carbocycles. The number of aryl methyl sites for hydroxylation is 1. The summed E-state index contributed by atoms with van der Waals surface area (Å²) in [6.45, 7) is 2.12. The topological polar surface area (TPSA) is 89.6 Å². The zero-order chi connectivity index (χ0) is 23.5. The van der Waals surface area contributed by atoms with Crippen LogP contribution in [0.4, 0.5) is 5.69 Å². The lowest BCUT2D eigenvalue weighted by Gasteiger charge is -2.25. The average Bonchev–Trinajstić information content (AvgIpc) is 3.42. The fraction of sp³-hybridized carbons (Fsp3) is 0.269. The molecule has 1 aliphatic rings. The molecule has 2 aromatic carbocycles. The number of nitrogens with one attached hydrogen (secondary N) is 1. The number of amides is 2. The van der Waals surface area contributed by atoms with Gasteiger partial charge in [0.15, 0.2) is 5.69 Å². The molecule has 8 nitrogen and oxygen atoms in total. The fourth-order valence-corrected chi connectivity index (χ4v) is 4.32. The van der Waals surface area contributed by atoms with Gasteiger partial charge in [0, 0.05) is 37.6 Å². The standard InChI is InChI=1S/C26H26N4O4/c1-29-10-8-23(28-29)25(31)27-22-5-3-2-4-21(22)26(32)30-11-13-33-17-19(16-30)14-18-6-7-20-9-12-34-24(20)15-18/h2-10,12,15,19H,11,13-14,16-17H2,1H3,(H,27,31)/t19-/m1/s1. The van der Waals surface area contributed by atoms with Crippen LogP contribution in [0.25, 0.3) is 11.0 Å². The molecule has 3 heterocycles. The van der Waals surface area contributed by atoms with E-state index in [1.165, 1.54) is 0 Å². The highest BCUT2D eigenvalue weighted by Crippen LogP contribution is 2.23. The molecule has 1 saturated heterocycles. The molecule has 34 heavy (non-hydrogen) atoms. The van der Waals surface area contributed by atoms with Crippen LogP contribution in [0.1, 0.15) is 26.4 Å². The summed E-state index contributed by atoms with van der Waals surface area (Å²) in [5.41, 5.74) is 3.21. The lowest BCUT2D eigenvalue weighted by molar-refractivity contribution is 0.0738. The Hall–Kier alpha value is -3.91. The molecule has 1 atom stereocenters. The highest BCUT2D eigenvalue weighted by molar-refractivity contribution is 6.08. The van der Waals surface area contributed by atoms with E-state index in [1.54, 1.807) is 54.5 Å². The molecule has 8 heteroatoms. The molecule has 2 aromatic heterocycles. The molecule has 1 fully saturated rings. The van der Waals surface area contributed by atoms with Crippen molar-refractivity contribution in [1.82, 2.24) is 14.7 Å². The van der Waals surface area contributed by atoms with Crippen molar-refractivity contribution >= 4 is 28.5 Å². The molecule has 1 N–H and O–H groups in total. The van der Waals surface area contributed by atoms with Crippen molar-refractivity contribution in [3.8, 4) is 0 Å². The Balaban J connectivity index is 1.31. The van der Waals surface area contributed by atoms with Crippen LogP contribution in [0.15, 0.2) is 71.5 Å². The largest absolute Gasteiger partial charge is 0.464 e. The van der Waals surface area contributed by atoms with Crippen molar-refractivity contribution in [3.63, 3.8) is 0 Å². The van der Waals surface area contributed by atoms with Gasteiger partial charge in [-0.05, 0) is 42.3 Å². The third-order valence-corrected chi connectivity index (χ3v) is 6.02. The maximum absolute atomic E-state index is 13.5. The fourth-order valence-electron chi connectivity index (χ4n) is 4.32. The Kier molecular flexibility index (Phi) is 6.14. The van der Waals surface area contributed by atoms with E-state index < -0.39 is 0 Å². The van der Waals surface area contributed by atoms with Crippen molar-refractivity contribution < 1.29 is 18.7 Å². The molecule has 2 amide bonds. The van der Waals surface area contributed by atoms with Gasteiger partial charge in [0.2, 0.25) is 0 Å². The molecule has 0 radical (unpaired) electrons. The third kappa shape index (κ3) is 4.72. The second-order valence-electron chi connectivity index (χ2n) is 8.56. The number of aromatic nitrogens is 2. The zero-order valence-electron chi connectivity index (χ0n) is 18.9. The van der Waals surface area contributed by atoms with Gasteiger partial charge in [0.05, 0.1) is 30.7 Å². The lowest BCUT2D eigenvalue weighted by Crippen LogP contribution is -2.37. The highest BCUT2D eigenvalue weighted by Gasteiger charge is 2.26. The lowest BCUT2D eigenvalue weighted by atomic mass is 9.98. The Bertz CT molecular complexity index is 1330. The number of para-hydroxylation sites is 1. The second-order valence-corrected chi connectivity index (χ2v) is 8.56. The van der Waals surface area contributed by atoms with Gasteiger partial charge in [-0.25, -0.2) is 0 Å². The SMILES string of the molecule is Cn1ccc(C(=O)Nc2ccccc2C(=O)N2CCOC[C@H](Cc3ccc4ccoc4c3)C2)n1. The van der Waals surface area contributed by atoms with E-state index in [1.807, 2.05) is 11.0 Å². The average molecular weight is 459 g/mol. The van der Waals surface area contributed by atoms with E-state index in [2.05, 4.69) is 28.6 Å². The first-order valence-corrected chi connectivity index (χ1v) is 11.3. The Labute approximate surface area is 197 Å². The van der Waals surface area contributed by atoms with Crippen molar-refractivity contribution in [3.05, 3.63) is 83.9 Å². The first kappa shape index (κ1) is 21.9. The third-order valence-electron chi connectivity index (χ3n) is 6.02. The molecule has 0 unspecified atom stereocenters. The van der Waals surface area contributed by atoms with E-state index in [0.717, 1.165) is 23.0 Å². The van der Waals surface area contributed by atoms with Crippen LogP contribution in [0.3, 0.4) is 0 Å². The van der Waals surface area contributed by atoms with Crippen LogP contribution in [0.5, 0.6) is 0 Å². The number of fused-ring (bicyclic) bond motifs is 1. The summed E-state index contributed by atoms with van der Waals surface area (Å²) in [5.74, 6) is -0.339. The van der Waals surface area contributed by atoms with E-state index in [4.69, 9.17) is 9.15 Å². The molecule has 0 bridgehead atoms. The van der Waals surface area contributed by atoms with Gasteiger partial charge in [0.25, 0.3) is 11.8 Å². The normalized spacial score (nSPS) is 16.4. The van der Waals surface area contributed by atoms with E-state index in [-0.39, 0.29) is 17.7 Å². The summed E-state index contributed by atoms with van der Waals surface area (Å²) in [6, 6.07) is 16.8. The molecule has 5 rings (SSSR count). The van der Waals surface area contributed by atoms with Crippen molar-refractivity contribution in [2.45, 2.75) is 6.42 Å². The predicted molar refractivity (Wildman–Crippen MR) is 128 cm³/mol. The molecular formula is C26H26N4O4. The minimum atomic E-state index is -0.355. The smallest absolute Gasteiger partial charge is 0.276 e. The number of hydrogen-bond acceptors (Lipinski definition) is 5. The summed E-state index contributed by atoms with van der Waals surface area (Å²) < 4.78 is 12.9. The Morgan fingerprint density at radius 2 is 2.03 bits per heavy atom. The van der Waals surface area contributed by atoms with Crippen LogP contribution in [0.2, 0.25) is 0 Å². The van der Waals surface area contributed by atoms with Crippen LogP contribution in [-0.4, -0.2) is 52.8 Å². The maximum atomic E-state index is 13.5. The van der Waals surface area contributed by atoms with Gasteiger partial charge in [-0.2, -0.15) is 5.10 Å². The first-order valence-electron chi connectivity index (χ1n) is 11.3. The zero-order valence-corrected chi connectivity index (χ0v) is 18.9. The van der Waals surface area contributed by atoms with Crippen LogP contribution in [0, 0.1) is 5.92 Å². The van der Waals surface area contributed by atoms with Gasteiger partial charge >= 0.3 is 0 Å². The van der Waals surface area contributed by atoms with E-state index >= 15 is 0 Å². The van der Waals surface area contributed by atoms with Gasteiger partial charge in [-0.3, -0.25) is 14.3 Å². The van der Waals surface area contributed by atoms with E-state index in [0.29, 0.717) is 43.2 Å². The monoisotopic (exact) mass is 458 g/mol. The highest BCUT2D eigenvalue weighted by atomic mass is 16.5. The molecule has 0 spiro atoms.